The number of nitrogens with zero attached hydrogens (tertiary/aromatic N) is 2. The number of halogens is 7. The molecule has 2 heterocycles. The van der Waals surface area contributed by atoms with Crippen molar-refractivity contribution in [3.63, 3.8) is 0 Å². The van der Waals surface area contributed by atoms with Crippen molar-refractivity contribution in [2.24, 2.45) is 10.9 Å². The summed E-state index contributed by atoms with van der Waals surface area (Å²) >= 11 is 0. The van der Waals surface area contributed by atoms with E-state index in [9.17, 15) is 35.5 Å². The van der Waals surface area contributed by atoms with Crippen LogP contribution in [0.2, 0.25) is 0 Å². The van der Waals surface area contributed by atoms with E-state index in [-0.39, 0.29) is 33.7 Å². The summed E-state index contributed by atoms with van der Waals surface area (Å²) in [4.78, 5) is 20.3. The quantitative estimate of drug-likeness (QED) is 0.542. The second-order valence-electron chi connectivity index (χ2n) is 7.27. The minimum atomic E-state index is -5.22. The number of pyridine rings is 1. The number of carbonyl (C=O) groups excluding carboxylic acids is 1. The van der Waals surface area contributed by atoms with Crippen molar-refractivity contribution in [3.05, 3.63) is 76.9 Å². The molecule has 0 spiro atoms. The number of hydrogen-bond acceptors (Lipinski definition) is 4. The van der Waals surface area contributed by atoms with Crippen LogP contribution in [-0.2, 0) is 16.6 Å². The molecule has 5 nitrogen and oxygen atoms in total. The molecule has 0 saturated heterocycles. The summed E-state index contributed by atoms with van der Waals surface area (Å²) in [6.45, 7) is 0. The minimum absolute atomic E-state index is 0.0665. The van der Waals surface area contributed by atoms with Gasteiger partial charge in [0.15, 0.2) is 0 Å². The highest BCUT2D eigenvalue weighted by Gasteiger charge is 2.62. The third-order valence-electron chi connectivity index (χ3n) is 5.32. The molecule has 0 radical (unpaired) electrons. The van der Waals surface area contributed by atoms with E-state index in [0.717, 1.165) is 0 Å². The summed E-state index contributed by atoms with van der Waals surface area (Å²) in [5.74, 6) is -2.51. The van der Waals surface area contributed by atoms with Gasteiger partial charge in [0, 0.05) is 40.9 Å². The molecule has 1 aliphatic heterocycles. The summed E-state index contributed by atoms with van der Waals surface area (Å²) < 4.78 is 95.5. The van der Waals surface area contributed by atoms with E-state index in [1.165, 1.54) is 30.6 Å². The maximum absolute atomic E-state index is 14.2. The Hall–Kier alpha value is -3.70. The van der Waals surface area contributed by atoms with Crippen molar-refractivity contribution in [3.8, 4) is 0 Å². The lowest BCUT2D eigenvalue weighted by Gasteiger charge is -2.30. The number of carbonyl (C=O) groups is 1. The number of benzene rings is 2. The monoisotopic (exact) mass is 471 g/mol. The zero-order valence-corrected chi connectivity index (χ0v) is 16.3. The molecule has 4 rings (SSSR count). The lowest BCUT2D eigenvalue weighted by Crippen LogP contribution is -2.43. The lowest BCUT2D eigenvalue weighted by molar-refractivity contribution is -0.276. The first kappa shape index (κ1) is 22.5. The Bertz CT molecular complexity index is 1300. The standard InChI is InChI=1S/C21H12F7N3O2/c22-16-4-1-10(7-15(16)20(23,24)25)19(21(26,27)28)8-17(31-33-19)12-2-3-13(18(29)32)14-9-30-6-5-11(12)14/h1-7,9H,8H2,(H2,29,32). The second-order valence-corrected chi connectivity index (χ2v) is 7.27. The molecule has 0 saturated carbocycles. The molecular formula is C21H12F7N3O2. The average molecular weight is 471 g/mol. The van der Waals surface area contributed by atoms with E-state index in [0.29, 0.717) is 12.1 Å². The van der Waals surface area contributed by atoms with Crippen LogP contribution in [0.15, 0.2) is 53.9 Å². The molecule has 12 heteroatoms. The second kappa shape index (κ2) is 7.42. The highest BCUT2D eigenvalue weighted by atomic mass is 19.4. The molecule has 1 atom stereocenters. The number of rotatable bonds is 3. The molecule has 2 N–H and O–H groups in total. The molecule has 0 fully saturated rings. The number of primary amides is 1. The van der Waals surface area contributed by atoms with E-state index in [1.54, 1.807) is 0 Å². The van der Waals surface area contributed by atoms with Gasteiger partial charge in [0.1, 0.15) is 5.82 Å². The van der Waals surface area contributed by atoms with Gasteiger partial charge in [-0.25, -0.2) is 4.39 Å². The van der Waals surface area contributed by atoms with Gasteiger partial charge in [-0.2, -0.15) is 26.3 Å². The van der Waals surface area contributed by atoms with Crippen LogP contribution in [0.4, 0.5) is 30.7 Å². The van der Waals surface area contributed by atoms with Gasteiger partial charge in [0.25, 0.3) is 5.60 Å². The third-order valence-corrected chi connectivity index (χ3v) is 5.32. The number of aromatic nitrogens is 1. The maximum Gasteiger partial charge on any atom is 0.435 e. The zero-order valence-electron chi connectivity index (χ0n) is 16.3. The summed E-state index contributed by atoms with van der Waals surface area (Å²) in [6, 6.07) is 4.96. The number of nitrogens with two attached hydrogens (primary N) is 1. The van der Waals surface area contributed by atoms with Gasteiger partial charge in [-0.15, -0.1) is 0 Å². The summed E-state index contributed by atoms with van der Waals surface area (Å²) in [5, 5.41) is 4.06. The number of fused-ring (bicyclic) bond motifs is 1. The zero-order chi connectivity index (χ0) is 24.2. The molecule has 172 valence electrons. The SMILES string of the molecule is NC(=O)c1ccc(C2=NOC(c3ccc(F)c(C(F)(F)F)c3)(C(F)(F)F)C2)c2ccncc12. The van der Waals surface area contributed by atoms with E-state index in [4.69, 9.17) is 10.6 Å². The van der Waals surface area contributed by atoms with Gasteiger partial charge in [-0.1, -0.05) is 17.3 Å². The van der Waals surface area contributed by atoms with Crippen molar-refractivity contribution in [2.75, 3.05) is 0 Å². The Morgan fingerprint density at radius 2 is 1.76 bits per heavy atom. The van der Waals surface area contributed by atoms with Crippen LogP contribution in [0.25, 0.3) is 10.8 Å². The highest BCUT2D eigenvalue weighted by Crippen LogP contribution is 2.50. The fraction of sp³-hybridized carbons (Fsp3) is 0.190. The molecule has 1 unspecified atom stereocenters. The minimum Gasteiger partial charge on any atom is -0.374 e. The smallest absolute Gasteiger partial charge is 0.374 e. The lowest BCUT2D eigenvalue weighted by atomic mass is 9.84. The average Bonchev–Trinajstić information content (AvgIpc) is 3.19. The Kier molecular flexibility index (Phi) is 5.06. The van der Waals surface area contributed by atoms with Gasteiger partial charge in [0.05, 0.1) is 11.3 Å². The molecule has 3 aromatic rings. The van der Waals surface area contributed by atoms with Gasteiger partial charge in [-0.05, 0) is 29.7 Å². The van der Waals surface area contributed by atoms with Crippen LogP contribution in [0.5, 0.6) is 0 Å². The van der Waals surface area contributed by atoms with Crippen LogP contribution in [0.1, 0.15) is 33.5 Å². The summed E-state index contributed by atoms with van der Waals surface area (Å²) in [7, 11) is 0. The van der Waals surface area contributed by atoms with Crippen LogP contribution in [-0.4, -0.2) is 22.8 Å². The first-order chi connectivity index (χ1) is 15.3. The first-order valence-electron chi connectivity index (χ1n) is 9.21. The molecule has 2 aromatic carbocycles. The Balaban J connectivity index is 1.84. The van der Waals surface area contributed by atoms with Gasteiger partial charge in [0.2, 0.25) is 5.91 Å². The summed E-state index contributed by atoms with van der Waals surface area (Å²) in [6.07, 6.45) is -8.79. The van der Waals surface area contributed by atoms with Gasteiger partial charge < -0.3 is 10.6 Å². The highest BCUT2D eigenvalue weighted by molar-refractivity contribution is 6.16. The van der Waals surface area contributed by atoms with Crippen molar-refractivity contribution in [2.45, 2.75) is 24.4 Å². The molecule has 0 bridgehead atoms. The predicted molar refractivity (Wildman–Crippen MR) is 102 cm³/mol. The normalized spacial score (nSPS) is 18.8. The number of amides is 1. The Morgan fingerprint density at radius 1 is 1.03 bits per heavy atom. The third kappa shape index (κ3) is 3.64. The van der Waals surface area contributed by atoms with Crippen molar-refractivity contribution < 1.29 is 40.4 Å². The molecule has 1 amide bonds. The van der Waals surface area contributed by atoms with Crippen LogP contribution in [0, 0.1) is 5.82 Å². The number of hydrogen-bond donors (Lipinski definition) is 1. The fourth-order valence-corrected chi connectivity index (χ4v) is 3.70. The van der Waals surface area contributed by atoms with Gasteiger partial charge in [-0.3, -0.25) is 9.78 Å². The summed E-state index contributed by atoms with van der Waals surface area (Å²) in [5.41, 5.74) is -0.798. The van der Waals surface area contributed by atoms with Crippen LogP contribution < -0.4 is 5.73 Å². The maximum atomic E-state index is 14.2. The molecule has 1 aromatic heterocycles. The fourth-order valence-electron chi connectivity index (χ4n) is 3.70. The Morgan fingerprint density at radius 3 is 2.39 bits per heavy atom. The molecule has 1 aliphatic rings. The van der Waals surface area contributed by atoms with Crippen LogP contribution >= 0.6 is 0 Å². The van der Waals surface area contributed by atoms with E-state index in [1.807, 2.05) is 0 Å². The Labute approximate surface area is 180 Å². The van der Waals surface area contributed by atoms with E-state index in [2.05, 4.69) is 10.1 Å². The van der Waals surface area contributed by atoms with E-state index < -0.39 is 47.2 Å². The van der Waals surface area contributed by atoms with E-state index >= 15 is 0 Å². The molecule has 33 heavy (non-hydrogen) atoms. The van der Waals surface area contributed by atoms with Crippen molar-refractivity contribution in [1.82, 2.24) is 4.98 Å². The predicted octanol–water partition coefficient (Wildman–Crippen LogP) is 5.07. The molecular weight excluding hydrogens is 459 g/mol. The number of alkyl halides is 6. The van der Waals surface area contributed by atoms with Gasteiger partial charge >= 0.3 is 12.4 Å². The first-order valence-corrected chi connectivity index (χ1v) is 9.21. The number of oxime groups is 1. The topological polar surface area (TPSA) is 77.6 Å². The van der Waals surface area contributed by atoms with Crippen molar-refractivity contribution >= 4 is 22.4 Å². The van der Waals surface area contributed by atoms with Crippen LogP contribution in [0.3, 0.4) is 0 Å². The molecule has 0 aliphatic carbocycles. The van der Waals surface area contributed by atoms with Crippen molar-refractivity contribution in [1.29, 1.82) is 0 Å². The largest absolute Gasteiger partial charge is 0.435 e.